The molecule has 0 unspecified atom stereocenters. The molecule has 7 nitrogen and oxygen atoms in total. The van der Waals surface area contributed by atoms with Crippen LogP contribution < -0.4 is 5.32 Å². The number of carbonyl (C=O) groups is 1. The van der Waals surface area contributed by atoms with E-state index in [1.54, 1.807) is 22.7 Å². The van der Waals surface area contributed by atoms with Crippen LogP contribution in [0.25, 0.3) is 11.2 Å². The fourth-order valence-electron chi connectivity index (χ4n) is 3.71. The van der Waals surface area contributed by atoms with E-state index in [2.05, 4.69) is 15.3 Å². The predicted octanol–water partition coefficient (Wildman–Crippen LogP) is 4.02. The first-order chi connectivity index (χ1) is 15.3. The molecule has 0 saturated carbocycles. The molecule has 11 heteroatoms. The van der Waals surface area contributed by atoms with Gasteiger partial charge >= 0.3 is 12.2 Å². The standard InChI is InChI=1S/C21H23F3N6OS/c1-32-16-5-2-4-15(14-16)26-20(31)29-11-8-28(9-12-29)10-13-30-18-17(6-3-7-25-18)27-19(30)21(22,23)24/h2-7,14H,8-13H2,1H3,(H,26,31). The van der Waals surface area contributed by atoms with Crippen molar-refractivity contribution in [3.05, 3.63) is 48.4 Å². The number of aromatic nitrogens is 3. The highest BCUT2D eigenvalue weighted by molar-refractivity contribution is 7.98. The normalized spacial score (nSPS) is 15.3. The van der Waals surface area contributed by atoms with Crippen LogP contribution >= 0.6 is 11.8 Å². The third-order valence-electron chi connectivity index (χ3n) is 5.38. The number of nitrogens with one attached hydrogen (secondary N) is 1. The van der Waals surface area contributed by atoms with E-state index >= 15 is 0 Å². The van der Waals surface area contributed by atoms with Gasteiger partial charge in [-0.15, -0.1) is 11.8 Å². The van der Waals surface area contributed by atoms with Gasteiger partial charge in [0.25, 0.3) is 0 Å². The fraction of sp³-hybridized carbons (Fsp3) is 0.381. The van der Waals surface area contributed by atoms with Crippen LogP contribution in [0.3, 0.4) is 0 Å². The number of anilines is 1. The highest BCUT2D eigenvalue weighted by Crippen LogP contribution is 2.30. The molecule has 0 radical (unpaired) electrons. The van der Waals surface area contributed by atoms with Crippen molar-refractivity contribution in [2.75, 3.05) is 44.3 Å². The third kappa shape index (κ3) is 4.99. The Kier molecular flexibility index (Phi) is 6.56. The van der Waals surface area contributed by atoms with Crippen molar-refractivity contribution in [2.45, 2.75) is 17.6 Å². The van der Waals surface area contributed by atoms with Gasteiger partial charge in [-0.25, -0.2) is 14.8 Å². The number of carbonyl (C=O) groups excluding carboxylic acids is 1. The van der Waals surface area contributed by atoms with Crippen molar-refractivity contribution in [1.82, 2.24) is 24.3 Å². The second-order valence-corrected chi connectivity index (χ2v) is 8.30. The lowest BCUT2D eigenvalue weighted by Gasteiger charge is -2.34. The Morgan fingerprint density at radius 3 is 2.62 bits per heavy atom. The van der Waals surface area contributed by atoms with E-state index in [1.165, 1.54) is 12.3 Å². The van der Waals surface area contributed by atoms with E-state index in [4.69, 9.17) is 0 Å². The van der Waals surface area contributed by atoms with Crippen molar-refractivity contribution in [1.29, 1.82) is 0 Å². The number of amides is 2. The summed E-state index contributed by atoms with van der Waals surface area (Å²) in [5, 5.41) is 2.91. The molecule has 2 aromatic heterocycles. The molecule has 1 aromatic carbocycles. The van der Waals surface area contributed by atoms with Crippen molar-refractivity contribution >= 4 is 34.6 Å². The Morgan fingerprint density at radius 2 is 1.91 bits per heavy atom. The van der Waals surface area contributed by atoms with Gasteiger partial charge in [-0.2, -0.15) is 13.2 Å². The van der Waals surface area contributed by atoms with Crippen molar-refractivity contribution in [3.8, 4) is 0 Å². The second-order valence-electron chi connectivity index (χ2n) is 7.42. The molecule has 4 rings (SSSR count). The Balaban J connectivity index is 1.34. The van der Waals surface area contributed by atoms with Crippen LogP contribution in [0.4, 0.5) is 23.7 Å². The molecule has 3 heterocycles. The largest absolute Gasteiger partial charge is 0.449 e. The minimum atomic E-state index is -4.55. The van der Waals surface area contributed by atoms with Crippen LogP contribution in [0.2, 0.25) is 0 Å². The van der Waals surface area contributed by atoms with E-state index in [1.807, 2.05) is 35.4 Å². The Bertz CT molecular complexity index is 1090. The summed E-state index contributed by atoms with van der Waals surface area (Å²) >= 11 is 1.60. The number of hydrogen-bond donors (Lipinski definition) is 1. The molecule has 0 spiro atoms. The average molecular weight is 465 g/mol. The first-order valence-corrected chi connectivity index (χ1v) is 11.4. The first kappa shape index (κ1) is 22.4. The summed E-state index contributed by atoms with van der Waals surface area (Å²) in [6.45, 7) is 2.71. The van der Waals surface area contributed by atoms with Crippen LogP contribution in [0.1, 0.15) is 5.82 Å². The topological polar surface area (TPSA) is 66.3 Å². The van der Waals surface area contributed by atoms with Gasteiger partial charge < -0.3 is 14.8 Å². The van der Waals surface area contributed by atoms with Gasteiger partial charge in [-0.05, 0) is 36.6 Å². The van der Waals surface area contributed by atoms with Crippen LogP contribution in [0.5, 0.6) is 0 Å². The zero-order chi connectivity index (χ0) is 22.7. The zero-order valence-corrected chi connectivity index (χ0v) is 18.3. The molecule has 1 fully saturated rings. The smallest absolute Gasteiger partial charge is 0.322 e. The number of rotatable bonds is 5. The van der Waals surface area contributed by atoms with Crippen molar-refractivity contribution in [2.24, 2.45) is 0 Å². The number of pyridine rings is 1. The lowest BCUT2D eigenvalue weighted by atomic mass is 10.3. The number of urea groups is 1. The Hall–Kier alpha value is -2.79. The highest BCUT2D eigenvalue weighted by Gasteiger charge is 2.38. The maximum Gasteiger partial charge on any atom is 0.449 e. The molecule has 0 bridgehead atoms. The molecule has 0 aliphatic carbocycles. The summed E-state index contributed by atoms with van der Waals surface area (Å²) < 4.78 is 41.5. The van der Waals surface area contributed by atoms with E-state index in [0.717, 1.165) is 15.1 Å². The summed E-state index contributed by atoms with van der Waals surface area (Å²) in [6.07, 6.45) is -1.11. The molecule has 32 heavy (non-hydrogen) atoms. The number of piperazine rings is 1. The van der Waals surface area contributed by atoms with Crippen LogP contribution in [0.15, 0.2) is 47.5 Å². The van der Waals surface area contributed by atoms with Gasteiger partial charge in [0.2, 0.25) is 5.82 Å². The number of fused-ring (bicyclic) bond motifs is 1. The van der Waals surface area contributed by atoms with Gasteiger partial charge in [-0.1, -0.05) is 6.07 Å². The maximum absolute atomic E-state index is 13.4. The van der Waals surface area contributed by atoms with E-state index < -0.39 is 12.0 Å². The molecule has 170 valence electrons. The number of nitrogens with zero attached hydrogens (tertiary/aromatic N) is 5. The number of thioether (sulfide) groups is 1. The van der Waals surface area contributed by atoms with Crippen molar-refractivity contribution < 1.29 is 18.0 Å². The first-order valence-electron chi connectivity index (χ1n) is 10.2. The number of hydrogen-bond acceptors (Lipinski definition) is 5. The predicted molar refractivity (Wildman–Crippen MR) is 118 cm³/mol. The second kappa shape index (κ2) is 9.37. The van der Waals surface area contributed by atoms with Gasteiger partial charge in [0.15, 0.2) is 5.65 Å². The Morgan fingerprint density at radius 1 is 1.12 bits per heavy atom. The third-order valence-corrected chi connectivity index (χ3v) is 6.10. The van der Waals surface area contributed by atoms with Gasteiger partial charge in [0, 0.05) is 56.0 Å². The van der Waals surface area contributed by atoms with Crippen LogP contribution in [0, 0.1) is 0 Å². The van der Waals surface area contributed by atoms with E-state index in [9.17, 15) is 18.0 Å². The molecule has 3 aromatic rings. The van der Waals surface area contributed by atoms with Gasteiger partial charge in [0.05, 0.1) is 0 Å². The highest BCUT2D eigenvalue weighted by atomic mass is 32.2. The van der Waals surface area contributed by atoms with Crippen LogP contribution in [-0.4, -0.2) is 69.3 Å². The quantitative estimate of drug-likeness (QED) is 0.578. The number of halogens is 3. The zero-order valence-electron chi connectivity index (χ0n) is 17.5. The number of imidazole rings is 1. The Labute approximate surface area is 187 Å². The molecule has 2 amide bonds. The van der Waals surface area contributed by atoms with E-state index in [0.29, 0.717) is 32.7 Å². The molecule has 0 atom stereocenters. The monoisotopic (exact) mass is 464 g/mol. The number of benzene rings is 1. The summed E-state index contributed by atoms with van der Waals surface area (Å²) in [6, 6.07) is 10.6. The lowest BCUT2D eigenvalue weighted by Crippen LogP contribution is -2.50. The fourth-order valence-corrected chi connectivity index (χ4v) is 4.17. The summed E-state index contributed by atoms with van der Waals surface area (Å²) in [7, 11) is 0. The minimum Gasteiger partial charge on any atom is -0.322 e. The SMILES string of the molecule is CSc1cccc(NC(=O)N2CCN(CCn3c(C(F)(F)F)nc4cccnc43)CC2)c1. The average Bonchev–Trinajstić information content (AvgIpc) is 3.17. The molecule has 1 aliphatic heterocycles. The van der Waals surface area contributed by atoms with Crippen LogP contribution in [-0.2, 0) is 12.7 Å². The van der Waals surface area contributed by atoms with Gasteiger partial charge in [-0.3, -0.25) is 4.90 Å². The summed E-state index contributed by atoms with van der Waals surface area (Å²) in [4.78, 5) is 25.2. The van der Waals surface area contributed by atoms with Crippen molar-refractivity contribution in [3.63, 3.8) is 0 Å². The number of alkyl halides is 3. The summed E-state index contributed by atoms with van der Waals surface area (Å²) in [5.74, 6) is -0.934. The van der Waals surface area contributed by atoms with Gasteiger partial charge in [0.1, 0.15) is 5.52 Å². The molecular formula is C21H23F3N6OS. The molecule has 1 N–H and O–H groups in total. The molecular weight excluding hydrogens is 441 g/mol. The minimum absolute atomic E-state index is 0.121. The molecule has 1 aliphatic rings. The summed E-state index contributed by atoms with van der Waals surface area (Å²) in [5.41, 5.74) is 1.20. The molecule has 1 saturated heterocycles. The maximum atomic E-state index is 13.4. The van der Waals surface area contributed by atoms with E-state index in [-0.39, 0.29) is 23.7 Å². The lowest BCUT2D eigenvalue weighted by molar-refractivity contribution is -0.147.